The molecular weight excluding hydrogens is 270 g/mol. The van der Waals surface area contributed by atoms with Gasteiger partial charge < -0.3 is 5.73 Å². The zero-order chi connectivity index (χ0) is 23.0. The van der Waals surface area contributed by atoms with Gasteiger partial charge in [-0.05, 0) is 25.4 Å². The monoisotopic (exact) mass is 294 g/mol. The quantitative estimate of drug-likeness (QED) is 0.629. The smallest absolute Gasteiger partial charge is 0.264 e. The molecule has 0 aliphatic heterocycles. The fraction of sp³-hybridized carbons (Fsp3) is 0.333. The second-order valence-electron chi connectivity index (χ2n) is 4.41. The van der Waals surface area contributed by atoms with Gasteiger partial charge in [0, 0.05) is 18.9 Å². The Bertz CT molecular complexity index is 1190. The van der Waals surface area contributed by atoms with Crippen molar-refractivity contribution in [1.82, 2.24) is 9.55 Å². The van der Waals surface area contributed by atoms with Gasteiger partial charge in [-0.1, -0.05) is 6.04 Å². The van der Waals surface area contributed by atoms with Crippen LogP contribution in [0.4, 0.5) is 5.69 Å². The molecule has 2 N–H and O–H groups in total. The van der Waals surface area contributed by atoms with Crippen molar-refractivity contribution < 1.29 is 21.9 Å². The second-order valence-corrected chi connectivity index (χ2v) is 4.41. The van der Waals surface area contributed by atoms with Gasteiger partial charge in [0.1, 0.15) is 11.6 Å². The van der Waals surface area contributed by atoms with Crippen LogP contribution in [0.15, 0.2) is 22.9 Å². The highest BCUT2D eigenvalue weighted by atomic mass is 16.2. The Labute approximate surface area is 133 Å². The summed E-state index contributed by atoms with van der Waals surface area (Å²) in [6.45, 7) is -3.18. The van der Waals surface area contributed by atoms with Crippen LogP contribution in [0.2, 0.25) is 0 Å². The first-order valence-corrected chi connectivity index (χ1v) is 5.93. The number of hydrogen-bond donors (Lipinski definition) is 1. The van der Waals surface area contributed by atoms with Gasteiger partial charge in [0.05, 0.1) is 28.8 Å². The van der Waals surface area contributed by atoms with E-state index in [-0.39, 0.29) is 4.57 Å². The molecule has 0 bridgehead atoms. The first-order valence-electron chi connectivity index (χ1n) is 10.4. The maximum absolute atomic E-state index is 13.3. The Morgan fingerprint density at radius 3 is 3.10 bits per heavy atom. The van der Waals surface area contributed by atoms with Crippen molar-refractivity contribution in [2.45, 2.75) is 32.1 Å². The normalized spacial score (nSPS) is 31.9. The zero-order valence-electron chi connectivity index (χ0n) is 19.6. The molecule has 1 aliphatic carbocycles. The number of fused-ring (bicyclic) bond motifs is 1. The fourth-order valence-electron chi connectivity index (χ4n) is 2.12. The largest absolute Gasteiger partial charge is 0.398 e. The predicted molar refractivity (Wildman–Crippen MR) is 78.1 cm³/mol. The molecule has 1 heterocycles. The van der Waals surface area contributed by atoms with Crippen molar-refractivity contribution >= 4 is 28.2 Å². The summed E-state index contributed by atoms with van der Waals surface area (Å²) in [5.74, 6) is -3.39. The number of anilines is 1. The van der Waals surface area contributed by atoms with Crippen LogP contribution in [0.1, 0.15) is 43.4 Å². The van der Waals surface area contributed by atoms with E-state index in [0.29, 0.717) is 0 Å². The third-order valence-corrected chi connectivity index (χ3v) is 3.10. The Balaban J connectivity index is 2.54. The number of aryl methyl sites for hydroxylation is 1. The SMILES string of the molecule is [2H]c1c([2H])c(N)c2c(=O)n(C3([2H])CC([2H])([2H])C(=O)CC3=O)c(C([2H])([2H])[2H])nc2c1[2H]. The van der Waals surface area contributed by atoms with Crippen molar-refractivity contribution in [3.8, 4) is 0 Å². The Morgan fingerprint density at radius 1 is 1.52 bits per heavy atom. The van der Waals surface area contributed by atoms with E-state index < -0.39 is 89.8 Å². The minimum Gasteiger partial charge on any atom is -0.398 e. The van der Waals surface area contributed by atoms with Gasteiger partial charge in [-0.3, -0.25) is 19.0 Å². The molecule has 1 saturated carbocycles. The lowest BCUT2D eigenvalue weighted by Gasteiger charge is -2.24. The minimum absolute atomic E-state index is 0.174. The highest BCUT2D eigenvalue weighted by Gasteiger charge is 2.30. The fourth-order valence-corrected chi connectivity index (χ4v) is 2.12. The summed E-state index contributed by atoms with van der Waals surface area (Å²) in [6, 6.07) is -4.95. The molecule has 1 fully saturated rings. The standard InChI is InChI=1S/C15H15N3O3/c1-8-17-11-4-2-3-10(16)14(11)15(21)18(8)12-6-5-9(19)7-13(12)20/h2-4,12H,5-7,16H2,1H3/i1D3,2D,3D,4D,5D2,12D. The van der Waals surface area contributed by atoms with Crippen LogP contribution < -0.4 is 11.3 Å². The molecular formula is C15H15N3O3. The summed E-state index contributed by atoms with van der Waals surface area (Å²) in [6.07, 6.45) is -4.85. The number of nitrogen functional groups attached to an aromatic ring is 1. The van der Waals surface area contributed by atoms with E-state index in [2.05, 4.69) is 4.98 Å². The summed E-state index contributed by atoms with van der Waals surface area (Å²) >= 11 is 0. The summed E-state index contributed by atoms with van der Waals surface area (Å²) in [7, 11) is 0. The van der Waals surface area contributed by atoms with E-state index in [4.69, 9.17) is 18.1 Å². The van der Waals surface area contributed by atoms with E-state index in [9.17, 15) is 14.4 Å². The number of nitrogens with zero attached hydrogens (tertiary/aromatic N) is 2. The maximum Gasteiger partial charge on any atom is 0.264 e. The lowest BCUT2D eigenvalue weighted by Crippen LogP contribution is -2.36. The van der Waals surface area contributed by atoms with E-state index in [0.717, 1.165) is 0 Å². The molecule has 0 radical (unpaired) electrons. The average molecular weight is 294 g/mol. The molecule has 2 aromatic rings. The summed E-state index contributed by atoms with van der Waals surface area (Å²) in [4.78, 5) is 41.4. The molecule has 0 spiro atoms. The molecule has 0 saturated heterocycles. The number of nitrogens with two attached hydrogens (primary N) is 1. The first kappa shape index (κ1) is 6.51. The molecule has 0 amide bonds. The number of ketones is 2. The number of rotatable bonds is 1. The van der Waals surface area contributed by atoms with Gasteiger partial charge in [-0.25, -0.2) is 4.98 Å². The molecule has 1 aromatic heterocycles. The van der Waals surface area contributed by atoms with E-state index in [1.165, 1.54) is 0 Å². The molecule has 1 atom stereocenters. The van der Waals surface area contributed by atoms with E-state index in [1.54, 1.807) is 0 Å². The number of hydrogen-bond acceptors (Lipinski definition) is 5. The lowest BCUT2D eigenvalue weighted by molar-refractivity contribution is -0.132. The van der Waals surface area contributed by atoms with Crippen LogP contribution in [0.3, 0.4) is 0 Å². The average Bonchev–Trinajstić information content (AvgIpc) is 2.61. The van der Waals surface area contributed by atoms with Crippen molar-refractivity contribution in [2.24, 2.45) is 0 Å². The van der Waals surface area contributed by atoms with Gasteiger partial charge in [0.15, 0.2) is 5.78 Å². The van der Waals surface area contributed by atoms with Crippen LogP contribution in [0.5, 0.6) is 0 Å². The van der Waals surface area contributed by atoms with Crippen molar-refractivity contribution in [3.05, 3.63) is 34.3 Å². The molecule has 6 nitrogen and oxygen atoms in total. The molecule has 21 heavy (non-hydrogen) atoms. The number of Topliss-reactive ketones (excluding diaryl/α,β-unsaturated/α-hetero) is 2. The van der Waals surface area contributed by atoms with Crippen LogP contribution in [0, 0.1) is 6.85 Å². The van der Waals surface area contributed by atoms with Crippen LogP contribution in [0.25, 0.3) is 10.9 Å². The van der Waals surface area contributed by atoms with Crippen molar-refractivity contribution in [3.63, 3.8) is 0 Å². The Hall–Kier alpha value is -2.50. The van der Waals surface area contributed by atoms with E-state index >= 15 is 0 Å². The summed E-state index contributed by atoms with van der Waals surface area (Å²) in [5, 5.41) is -0.633. The summed E-state index contributed by atoms with van der Waals surface area (Å²) < 4.78 is 70.8. The van der Waals surface area contributed by atoms with Gasteiger partial charge in [-0.2, -0.15) is 0 Å². The predicted octanol–water partition coefficient (Wildman–Crippen LogP) is 1.15. The highest BCUT2D eigenvalue weighted by molar-refractivity contribution is 6.03. The molecule has 1 aromatic carbocycles. The first-order chi connectivity index (χ1) is 13.5. The van der Waals surface area contributed by atoms with Gasteiger partial charge in [-0.15, -0.1) is 0 Å². The van der Waals surface area contributed by atoms with Gasteiger partial charge in [0.2, 0.25) is 0 Å². The second kappa shape index (κ2) is 4.80. The number of carbonyl (C=O) groups excluding carboxylic acids is 2. The topological polar surface area (TPSA) is 95.0 Å². The van der Waals surface area contributed by atoms with Gasteiger partial charge >= 0.3 is 0 Å². The van der Waals surface area contributed by atoms with Crippen LogP contribution in [-0.2, 0) is 9.59 Å². The number of aromatic nitrogens is 2. The third kappa shape index (κ3) is 2.12. The van der Waals surface area contributed by atoms with Crippen molar-refractivity contribution in [2.75, 3.05) is 5.73 Å². The minimum atomic E-state index is -3.18. The third-order valence-electron chi connectivity index (χ3n) is 3.10. The molecule has 1 unspecified atom stereocenters. The molecule has 108 valence electrons. The van der Waals surface area contributed by atoms with Crippen molar-refractivity contribution in [1.29, 1.82) is 0 Å². The van der Waals surface area contributed by atoms with Crippen LogP contribution >= 0.6 is 0 Å². The highest BCUT2D eigenvalue weighted by Crippen LogP contribution is 2.24. The van der Waals surface area contributed by atoms with E-state index in [1.807, 2.05) is 0 Å². The summed E-state index contributed by atoms with van der Waals surface area (Å²) in [5.41, 5.74) is 3.20. The number of carbonyl (C=O) groups is 2. The molecule has 6 heteroatoms. The maximum atomic E-state index is 13.3. The zero-order valence-corrected chi connectivity index (χ0v) is 10.6. The lowest BCUT2D eigenvalue weighted by atomic mass is 9.92. The Kier molecular flexibility index (Phi) is 1.49. The van der Waals surface area contributed by atoms with Gasteiger partial charge in [0.25, 0.3) is 5.56 Å². The Morgan fingerprint density at radius 2 is 2.33 bits per heavy atom. The van der Waals surface area contributed by atoms with Crippen LogP contribution in [-0.4, -0.2) is 21.1 Å². The number of benzene rings is 1. The molecule has 3 rings (SSSR count). The molecule has 1 aliphatic rings.